The van der Waals surface area contributed by atoms with E-state index in [2.05, 4.69) is 14.5 Å². The smallest absolute Gasteiger partial charge is 0.200 e. The third kappa shape index (κ3) is 2.08. The monoisotopic (exact) mass is 313 g/mol. The van der Waals surface area contributed by atoms with E-state index in [0.717, 1.165) is 11.0 Å². The van der Waals surface area contributed by atoms with Crippen molar-refractivity contribution >= 4 is 11.0 Å². The number of phenolic OH excluding ortho intramolecular Hbond substituents is 2. The van der Waals surface area contributed by atoms with Crippen LogP contribution in [0.15, 0.2) is 30.6 Å². The first-order chi connectivity index (χ1) is 11.2. The van der Waals surface area contributed by atoms with Crippen molar-refractivity contribution < 1.29 is 19.7 Å². The predicted octanol–water partition coefficient (Wildman–Crippen LogP) is 2.09. The molecule has 7 nitrogen and oxygen atoms in total. The molecular weight excluding hydrogens is 298 g/mol. The Balaban J connectivity index is 1.96. The molecule has 4 rings (SSSR count). The zero-order valence-corrected chi connectivity index (χ0v) is 12.4. The molecule has 0 unspecified atom stereocenters. The van der Waals surface area contributed by atoms with Crippen LogP contribution in [0.1, 0.15) is 6.04 Å². The van der Waals surface area contributed by atoms with E-state index in [1.807, 2.05) is 6.07 Å². The normalized spacial score (nSPS) is 14.8. The third-order valence-electron chi connectivity index (χ3n) is 4.01. The van der Waals surface area contributed by atoms with Gasteiger partial charge in [-0.3, -0.25) is 4.98 Å². The van der Waals surface area contributed by atoms with Crippen molar-refractivity contribution in [1.29, 1.82) is 0 Å². The number of hydrogen-bond donors (Lipinski definition) is 2. The second-order valence-corrected chi connectivity index (χ2v) is 5.41. The Morgan fingerprint density at radius 2 is 2.13 bits per heavy atom. The van der Waals surface area contributed by atoms with E-state index in [4.69, 9.17) is 9.47 Å². The number of ether oxygens (including phenoxy) is 2. The van der Waals surface area contributed by atoms with Gasteiger partial charge in [-0.05, 0) is 18.2 Å². The quantitative estimate of drug-likeness (QED) is 0.720. The number of imidazole rings is 1. The number of aromatic hydroxyl groups is 2. The standard InChI is InChI=1S/C16H15N3O4/c1-22-14-5-9(4-13(20)15(14)21)16-18-11-2-3-17-6-12(11)19(16)10-7-23-8-10/h2-6,10,20-21H,7-8H2,1H3. The van der Waals surface area contributed by atoms with Crippen LogP contribution in [0.5, 0.6) is 17.2 Å². The fourth-order valence-corrected chi connectivity index (χ4v) is 2.76. The molecule has 1 aliphatic rings. The highest BCUT2D eigenvalue weighted by molar-refractivity contribution is 5.81. The van der Waals surface area contributed by atoms with Gasteiger partial charge >= 0.3 is 0 Å². The van der Waals surface area contributed by atoms with E-state index >= 15 is 0 Å². The van der Waals surface area contributed by atoms with Crippen molar-refractivity contribution in [3.05, 3.63) is 30.6 Å². The second-order valence-electron chi connectivity index (χ2n) is 5.41. The second kappa shape index (κ2) is 5.13. The summed E-state index contributed by atoms with van der Waals surface area (Å²) >= 11 is 0. The van der Waals surface area contributed by atoms with Gasteiger partial charge in [-0.1, -0.05) is 0 Å². The maximum absolute atomic E-state index is 9.94. The SMILES string of the molecule is COc1cc(-c2nc3ccncc3n2C2COC2)cc(O)c1O. The number of pyridine rings is 1. The molecule has 118 valence electrons. The zero-order valence-electron chi connectivity index (χ0n) is 12.4. The number of methoxy groups -OCH3 is 1. The molecule has 2 N–H and O–H groups in total. The van der Waals surface area contributed by atoms with Gasteiger partial charge < -0.3 is 24.3 Å². The Labute approximate surface area is 131 Å². The Bertz CT molecular complexity index is 886. The van der Waals surface area contributed by atoms with E-state index in [0.29, 0.717) is 24.6 Å². The summed E-state index contributed by atoms with van der Waals surface area (Å²) in [6, 6.07) is 5.13. The molecule has 0 atom stereocenters. The molecule has 0 amide bonds. The van der Waals surface area contributed by atoms with Crippen molar-refractivity contribution in [3.63, 3.8) is 0 Å². The van der Waals surface area contributed by atoms with Gasteiger partial charge in [0.2, 0.25) is 5.75 Å². The van der Waals surface area contributed by atoms with E-state index < -0.39 is 0 Å². The van der Waals surface area contributed by atoms with E-state index in [-0.39, 0.29) is 23.3 Å². The fraction of sp³-hybridized carbons (Fsp3) is 0.250. The van der Waals surface area contributed by atoms with Gasteiger partial charge in [0.25, 0.3) is 0 Å². The number of phenols is 2. The minimum Gasteiger partial charge on any atom is -0.504 e. The van der Waals surface area contributed by atoms with Gasteiger partial charge in [-0.2, -0.15) is 0 Å². The number of benzene rings is 1. The van der Waals surface area contributed by atoms with Gasteiger partial charge in [0.1, 0.15) is 5.82 Å². The van der Waals surface area contributed by atoms with Crippen LogP contribution in [0.3, 0.4) is 0 Å². The van der Waals surface area contributed by atoms with Gasteiger partial charge in [-0.25, -0.2) is 4.98 Å². The fourth-order valence-electron chi connectivity index (χ4n) is 2.76. The zero-order chi connectivity index (χ0) is 16.0. The summed E-state index contributed by atoms with van der Waals surface area (Å²) in [6.07, 6.45) is 3.46. The summed E-state index contributed by atoms with van der Waals surface area (Å²) in [5.41, 5.74) is 2.37. The first-order valence-corrected chi connectivity index (χ1v) is 7.19. The molecule has 0 spiro atoms. The highest BCUT2D eigenvalue weighted by Crippen LogP contribution is 2.41. The molecule has 7 heteroatoms. The summed E-state index contributed by atoms with van der Waals surface area (Å²) in [4.78, 5) is 8.82. The first kappa shape index (κ1) is 13.8. The van der Waals surface area contributed by atoms with Crippen molar-refractivity contribution in [3.8, 4) is 28.6 Å². The molecule has 1 aliphatic heterocycles. The van der Waals surface area contributed by atoms with Crippen molar-refractivity contribution in [2.24, 2.45) is 0 Å². The number of nitrogens with zero attached hydrogens (tertiary/aromatic N) is 3. The first-order valence-electron chi connectivity index (χ1n) is 7.19. The largest absolute Gasteiger partial charge is 0.504 e. The molecule has 0 aliphatic carbocycles. The minimum absolute atomic E-state index is 0.168. The van der Waals surface area contributed by atoms with Crippen LogP contribution in [0.25, 0.3) is 22.4 Å². The number of aromatic nitrogens is 3. The number of rotatable bonds is 3. The van der Waals surface area contributed by atoms with Crippen LogP contribution in [0, 0.1) is 0 Å². The van der Waals surface area contributed by atoms with Crippen molar-refractivity contribution in [2.45, 2.75) is 6.04 Å². The van der Waals surface area contributed by atoms with Crippen molar-refractivity contribution in [1.82, 2.24) is 14.5 Å². The summed E-state index contributed by atoms with van der Waals surface area (Å²) < 4.78 is 12.5. The van der Waals surface area contributed by atoms with E-state index in [1.54, 1.807) is 18.5 Å². The van der Waals surface area contributed by atoms with Crippen LogP contribution < -0.4 is 4.74 Å². The third-order valence-corrected chi connectivity index (χ3v) is 4.01. The Hall–Kier alpha value is -2.80. The lowest BCUT2D eigenvalue weighted by molar-refractivity contribution is -0.0209. The molecule has 3 aromatic rings. The van der Waals surface area contributed by atoms with E-state index in [1.165, 1.54) is 13.2 Å². The highest BCUT2D eigenvalue weighted by Gasteiger charge is 2.27. The highest BCUT2D eigenvalue weighted by atomic mass is 16.5. The van der Waals surface area contributed by atoms with Crippen LogP contribution in [-0.2, 0) is 4.74 Å². The van der Waals surface area contributed by atoms with Crippen molar-refractivity contribution in [2.75, 3.05) is 20.3 Å². The van der Waals surface area contributed by atoms with Crippen LogP contribution in [-0.4, -0.2) is 45.1 Å². The number of fused-ring (bicyclic) bond motifs is 1. The number of hydrogen-bond acceptors (Lipinski definition) is 6. The van der Waals surface area contributed by atoms with Gasteiger partial charge in [0.15, 0.2) is 11.5 Å². The molecule has 1 fully saturated rings. The summed E-state index contributed by atoms with van der Waals surface area (Å²) in [7, 11) is 1.44. The Kier molecular flexibility index (Phi) is 3.09. The topological polar surface area (TPSA) is 89.6 Å². The molecule has 2 aromatic heterocycles. The minimum atomic E-state index is -0.285. The average Bonchev–Trinajstić information content (AvgIpc) is 2.88. The molecule has 1 aromatic carbocycles. The molecule has 1 saturated heterocycles. The predicted molar refractivity (Wildman–Crippen MR) is 82.7 cm³/mol. The van der Waals surface area contributed by atoms with Gasteiger partial charge in [0.05, 0.1) is 43.6 Å². The molecular formula is C16H15N3O4. The summed E-state index contributed by atoms with van der Waals surface area (Å²) in [5, 5.41) is 19.8. The molecule has 0 radical (unpaired) electrons. The lowest BCUT2D eigenvalue weighted by atomic mass is 10.1. The molecule has 0 saturated carbocycles. The van der Waals surface area contributed by atoms with Crippen LogP contribution >= 0.6 is 0 Å². The Morgan fingerprint density at radius 1 is 1.30 bits per heavy atom. The average molecular weight is 313 g/mol. The lowest BCUT2D eigenvalue weighted by Crippen LogP contribution is -2.31. The maximum Gasteiger partial charge on any atom is 0.200 e. The molecule has 3 heterocycles. The lowest BCUT2D eigenvalue weighted by Gasteiger charge is -2.29. The summed E-state index contributed by atoms with van der Waals surface area (Å²) in [6.45, 7) is 1.21. The molecule has 23 heavy (non-hydrogen) atoms. The maximum atomic E-state index is 9.94. The van der Waals surface area contributed by atoms with Crippen LogP contribution in [0.4, 0.5) is 0 Å². The van der Waals surface area contributed by atoms with E-state index in [9.17, 15) is 10.2 Å². The van der Waals surface area contributed by atoms with Crippen LogP contribution in [0.2, 0.25) is 0 Å². The molecule has 0 bridgehead atoms. The van der Waals surface area contributed by atoms with Gasteiger partial charge in [0, 0.05) is 11.8 Å². The summed E-state index contributed by atoms with van der Waals surface area (Å²) in [5.74, 6) is 0.338. The van der Waals surface area contributed by atoms with Gasteiger partial charge in [-0.15, -0.1) is 0 Å². The Morgan fingerprint density at radius 3 is 2.83 bits per heavy atom.